The van der Waals surface area contributed by atoms with Gasteiger partial charge in [0, 0.05) is 0 Å². The third-order valence-corrected chi connectivity index (χ3v) is 6.95. The molecule has 0 aromatic rings. The summed E-state index contributed by atoms with van der Waals surface area (Å²) in [5, 5.41) is 0. The van der Waals surface area contributed by atoms with E-state index in [1.165, 1.54) is 13.8 Å². The number of nitrogens with two attached hydrogens (primary N) is 1. The maximum absolute atomic E-state index is 12.3. The van der Waals surface area contributed by atoms with E-state index in [2.05, 4.69) is 0 Å². The van der Waals surface area contributed by atoms with E-state index in [4.69, 9.17) is 18.0 Å². The normalized spacial score (nSPS) is 28.6. The van der Waals surface area contributed by atoms with Crippen LogP contribution in [0.5, 0.6) is 0 Å². The van der Waals surface area contributed by atoms with Crippen LogP contribution < -0.4 is 5.73 Å². The predicted octanol–water partition coefficient (Wildman–Crippen LogP) is 0.926. The number of carbonyl (C=O) groups excluding carboxylic acids is 1. The highest BCUT2D eigenvalue weighted by molar-refractivity contribution is 7.94. The number of amides is 1. The van der Waals surface area contributed by atoms with Crippen molar-refractivity contribution in [1.29, 1.82) is 0 Å². The molecule has 5 nitrogen and oxygen atoms in total. The van der Waals surface area contributed by atoms with Crippen LogP contribution in [0, 0.1) is 0 Å². The van der Waals surface area contributed by atoms with Crippen LogP contribution in [0.3, 0.4) is 0 Å². The first-order chi connectivity index (χ1) is 8.18. The van der Waals surface area contributed by atoms with Gasteiger partial charge in [0.2, 0.25) is 0 Å². The van der Waals surface area contributed by atoms with Crippen molar-refractivity contribution in [2.24, 2.45) is 5.73 Å². The molecule has 2 N–H and O–H groups in total. The van der Waals surface area contributed by atoms with Crippen molar-refractivity contribution in [2.45, 2.75) is 56.2 Å². The molecule has 0 aromatic carbocycles. The van der Waals surface area contributed by atoms with E-state index < -0.39 is 26.2 Å². The summed E-state index contributed by atoms with van der Waals surface area (Å²) in [7, 11) is -3.64. The molecule has 0 aromatic heterocycles. The van der Waals surface area contributed by atoms with E-state index in [-0.39, 0.29) is 4.99 Å². The molecule has 1 amide bonds. The Hall–Kier alpha value is -0.690. The molecule has 0 unspecified atom stereocenters. The summed E-state index contributed by atoms with van der Waals surface area (Å²) in [6.45, 7) is 2.86. The zero-order chi connectivity index (χ0) is 13.8. The van der Waals surface area contributed by atoms with Crippen molar-refractivity contribution >= 4 is 33.1 Å². The van der Waals surface area contributed by atoms with Gasteiger partial charge in [-0.05, 0) is 26.7 Å². The van der Waals surface area contributed by atoms with Crippen molar-refractivity contribution < 1.29 is 13.2 Å². The molecule has 1 saturated heterocycles. The monoisotopic (exact) mass is 290 g/mol. The first kappa shape index (κ1) is 13.7. The van der Waals surface area contributed by atoms with E-state index >= 15 is 0 Å². The number of hydrogen-bond acceptors (Lipinski definition) is 4. The number of thiocarbonyl (C=S) groups is 1. The van der Waals surface area contributed by atoms with Crippen LogP contribution in [0.2, 0.25) is 0 Å². The number of sulfonamides is 1. The Morgan fingerprint density at radius 1 is 1.28 bits per heavy atom. The van der Waals surface area contributed by atoms with Gasteiger partial charge in [0.1, 0.15) is 10.5 Å². The van der Waals surface area contributed by atoms with E-state index in [1.54, 1.807) is 0 Å². The summed E-state index contributed by atoms with van der Waals surface area (Å²) >= 11 is 5.05. The Morgan fingerprint density at radius 3 is 2.17 bits per heavy atom. The molecule has 2 rings (SSSR count). The molecular formula is C11H18N2O3S2. The molecule has 7 heteroatoms. The van der Waals surface area contributed by atoms with Crippen LogP contribution in [-0.4, -0.2) is 33.9 Å². The highest BCUT2D eigenvalue weighted by Crippen LogP contribution is 2.46. The maximum Gasteiger partial charge on any atom is 0.259 e. The first-order valence-corrected chi connectivity index (χ1v) is 7.92. The lowest BCUT2D eigenvalue weighted by atomic mass is 9.81. The molecule has 1 aliphatic carbocycles. The van der Waals surface area contributed by atoms with E-state index in [0.29, 0.717) is 12.8 Å². The van der Waals surface area contributed by atoms with Gasteiger partial charge in [-0.1, -0.05) is 31.5 Å². The minimum Gasteiger partial charge on any atom is -0.391 e. The van der Waals surface area contributed by atoms with E-state index in [1.807, 2.05) is 0 Å². The number of hydrogen-bond donors (Lipinski definition) is 1. The first-order valence-electron chi connectivity index (χ1n) is 6.07. The largest absolute Gasteiger partial charge is 0.391 e. The molecule has 2 aliphatic rings. The lowest BCUT2D eigenvalue weighted by molar-refractivity contribution is -0.136. The lowest BCUT2D eigenvalue weighted by Crippen LogP contribution is -2.76. The average Bonchev–Trinajstić information content (AvgIpc) is 2.29. The summed E-state index contributed by atoms with van der Waals surface area (Å²) in [6, 6.07) is 0. The number of nitrogens with zero attached hydrogens (tertiary/aromatic N) is 1. The Balaban J connectivity index is 2.47. The highest BCUT2D eigenvalue weighted by atomic mass is 32.2. The van der Waals surface area contributed by atoms with Gasteiger partial charge in [-0.15, -0.1) is 0 Å². The standard InChI is InChI=1S/C11H18N2O3S2/c1-10(2)9(14)13(18(10,15)16)11(8(12)17)6-4-3-5-7-11/h3-7H2,1-2H3,(H2,12,17). The molecule has 1 saturated carbocycles. The Bertz CT molecular complexity index is 504. The van der Waals surface area contributed by atoms with Gasteiger partial charge in [-0.3, -0.25) is 4.79 Å². The summed E-state index contributed by atoms with van der Waals surface area (Å²) in [5.74, 6) is -0.391. The zero-order valence-electron chi connectivity index (χ0n) is 10.6. The molecule has 0 bridgehead atoms. The minimum absolute atomic E-state index is 0.120. The summed E-state index contributed by atoms with van der Waals surface area (Å²) in [6.07, 6.45) is 3.80. The second-order valence-corrected chi connectivity index (χ2v) is 8.32. The van der Waals surface area contributed by atoms with Crippen molar-refractivity contribution in [3.63, 3.8) is 0 Å². The van der Waals surface area contributed by atoms with E-state index in [9.17, 15) is 13.2 Å². The van der Waals surface area contributed by atoms with Crippen LogP contribution >= 0.6 is 12.2 Å². The highest BCUT2D eigenvalue weighted by Gasteiger charge is 2.67. The second-order valence-electron chi connectivity index (χ2n) is 5.54. The van der Waals surface area contributed by atoms with Crippen LogP contribution in [0.25, 0.3) is 0 Å². The Morgan fingerprint density at radius 2 is 1.78 bits per heavy atom. The molecular weight excluding hydrogens is 272 g/mol. The van der Waals surface area contributed by atoms with E-state index in [0.717, 1.165) is 23.6 Å². The number of carbonyl (C=O) groups is 1. The lowest BCUT2D eigenvalue weighted by Gasteiger charge is -2.54. The van der Waals surface area contributed by atoms with Crippen molar-refractivity contribution in [1.82, 2.24) is 4.31 Å². The smallest absolute Gasteiger partial charge is 0.259 e. The quantitative estimate of drug-likeness (QED) is 0.765. The van der Waals surface area contributed by atoms with Gasteiger partial charge in [-0.25, -0.2) is 12.7 Å². The molecule has 1 heterocycles. The fourth-order valence-electron chi connectivity index (χ4n) is 2.76. The molecule has 2 fully saturated rings. The molecule has 102 valence electrons. The van der Waals surface area contributed by atoms with Crippen molar-refractivity contribution in [3.05, 3.63) is 0 Å². The summed E-state index contributed by atoms with van der Waals surface area (Å²) < 4.78 is 24.2. The third-order valence-electron chi connectivity index (χ3n) is 4.11. The molecule has 0 atom stereocenters. The Labute approximate surface area is 113 Å². The SMILES string of the molecule is CC1(C)C(=O)N(C2(C(N)=S)CCCCC2)S1(=O)=O. The topological polar surface area (TPSA) is 80.5 Å². The molecule has 0 radical (unpaired) electrons. The second kappa shape index (κ2) is 3.90. The maximum atomic E-state index is 12.3. The number of rotatable bonds is 2. The molecule has 18 heavy (non-hydrogen) atoms. The van der Waals surface area contributed by atoms with Crippen LogP contribution in [-0.2, 0) is 14.8 Å². The average molecular weight is 290 g/mol. The fourth-order valence-corrected chi connectivity index (χ4v) is 4.94. The van der Waals surface area contributed by atoms with Gasteiger partial charge in [0.15, 0.2) is 4.75 Å². The van der Waals surface area contributed by atoms with Gasteiger partial charge < -0.3 is 5.73 Å². The van der Waals surface area contributed by atoms with Crippen molar-refractivity contribution in [3.8, 4) is 0 Å². The van der Waals surface area contributed by atoms with Gasteiger partial charge >= 0.3 is 0 Å². The van der Waals surface area contributed by atoms with Crippen LogP contribution in [0.4, 0.5) is 0 Å². The van der Waals surface area contributed by atoms with Gasteiger partial charge in [0.05, 0.1) is 0 Å². The van der Waals surface area contributed by atoms with Gasteiger partial charge in [0.25, 0.3) is 15.9 Å². The fraction of sp³-hybridized carbons (Fsp3) is 0.818. The molecule has 0 spiro atoms. The minimum atomic E-state index is -3.64. The summed E-state index contributed by atoms with van der Waals surface area (Å²) in [4.78, 5) is 12.3. The van der Waals surface area contributed by atoms with Crippen LogP contribution in [0.15, 0.2) is 0 Å². The Kier molecular flexibility index (Phi) is 2.98. The molecule has 1 aliphatic heterocycles. The third kappa shape index (κ3) is 1.46. The van der Waals surface area contributed by atoms with Crippen LogP contribution in [0.1, 0.15) is 46.0 Å². The van der Waals surface area contributed by atoms with Gasteiger partial charge in [-0.2, -0.15) is 0 Å². The predicted molar refractivity (Wildman–Crippen MR) is 72.4 cm³/mol. The zero-order valence-corrected chi connectivity index (χ0v) is 12.2. The van der Waals surface area contributed by atoms with Crippen molar-refractivity contribution in [2.75, 3.05) is 0 Å². The summed E-state index contributed by atoms with van der Waals surface area (Å²) in [5.41, 5.74) is 4.80.